The summed E-state index contributed by atoms with van der Waals surface area (Å²) >= 11 is 0. The summed E-state index contributed by atoms with van der Waals surface area (Å²) in [6.45, 7) is 12.5. The van der Waals surface area contributed by atoms with Crippen LogP contribution >= 0.6 is 0 Å². The average molecular weight is 211 g/mol. The summed E-state index contributed by atoms with van der Waals surface area (Å²) < 4.78 is 0. The fourth-order valence-electron chi connectivity index (χ4n) is 1.46. The maximum absolute atomic E-state index is 8.83. The molecule has 2 N–H and O–H groups in total. The van der Waals surface area contributed by atoms with E-state index in [1.54, 1.807) is 6.92 Å². The summed E-state index contributed by atoms with van der Waals surface area (Å²) in [5, 5.41) is 8.83. The van der Waals surface area contributed by atoms with Crippen molar-refractivity contribution in [2.45, 2.75) is 52.6 Å². The van der Waals surface area contributed by atoms with Crippen molar-refractivity contribution in [2.24, 2.45) is 11.7 Å². The topological polar surface area (TPSA) is 53.0 Å². The van der Waals surface area contributed by atoms with E-state index in [2.05, 4.69) is 38.7 Å². The molecule has 0 fully saturated rings. The number of nitrogens with zero attached hydrogens (tertiary/aromatic N) is 2. The Bertz CT molecular complexity index is 213. The van der Waals surface area contributed by atoms with E-state index in [0.717, 1.165) is 19.5 Å². The molecule has 0 rings (SSSR count). The van der Waals surface area contributed by atoms with Gasteiger partial charge >= 0.3 is 0 Å². The molecular formula is C12H25N3. The van der Waals surface area contributed by atoms with Gasteiger partial charge in [-0.3, -0.25) is 0 Å². The Hall–Kier alpha value is -0.590. The summed E-state index contributed by atoms with van der Waals surface area (Å²) in [5.41, 5.74) is 5.12. The highest BCUT2D eigenvalue weighted by molar-refractivity contribution is 5.01. The number of rotatable bonds is 6. The Kier molecular flexibility index (Phi) is 5.85. The summed E-state index contributed by atoms with van der Waals surface area (Å²) in [5.74, 6) is 0.651. The van der Waals surface area contributed by atoms with Crippen molar-refractivity contribution in [1.29, 1.82) is 5.26 Å². The standard InChI is InChI=1S/C12H25N3/c1-10(2)8-15(11(3)4)7-6-12(5,14)9-13/h10-11H,6-8,14H2,1-5H3. The highest BCUT2D eigenvalue weighted by Gasteiger charge is 2.20. The minimum absolute atomic E-state index is 0.516. The largest absolute Gasteiger partial charge is 0.314 e. The van der Waals surface area contributed by atoms with Crippen LogP contribution in [0.25, 0.3) is 0 Å². The minimum Gasteiger partial charge on any atom is -0.314 e. The predicted molar refractivity (Wildman–Crippen MR) is 64.4 cm³/mol. The zero-order valence-electron chi connectivity index (χ0n) is 10.7. The highest BCUT2D eigenvalue weighted by atomic mass is 15.1. The Morgan fingerprint density at radius 2 is 1.87 bits per heavy atom. The third-order valence-electron chi connectivity index (χ3n) is 2.50. The molecule has 3 heteroatoms. The number of nitrogens with two attached hydrogens (primary N) is 1. The molecule has 15 heavy (non-hydrogen) atoms. The zero-order valence-corrected chi connectivity index (χ0v) is 10.7. The van der Waals surface area contributed by atoms with Gasteiger partial charge in [-0.25, -0.2) is 0 Å². The van der Waals surface area contributed by atoms with E-state index in [0.29, 0.717) is 12.0 Å². The molecular weight excluding hydrogens is 186 g/mol. The lowest BCUT2D eigenvalue weighted by atomic mass is 10.0. The molecule has 1 unspecified atom stereocenters. The van der Waals surface area contributed by atoms with Crippen LogP contribution in [0.5, 0.6) is 0 Å². The summed E-state index contributed by atoms with van der Waals surface area (Å²) in [6.07, 6.45) is 0.731. The van der Waals surface area contributed by atoms with Gasteiger partial charge in [0.1, 0.15) is 5.54 Å². The molecule has 3 nitrogen and oxygen atoms in total. The van der Waals surface area contributed by atoms with Crippen LogP contribution in [0.15, 0.2) is 0 Å². The molecule has 0 amide bonds. The molecule has 0 saturated carbocycles. The van der Waals surface area contributed by atoms with Crippen LogP contribution < -0.4 is 5.73 Å². The van der Waals surface area contributed by atoms with Crippen LogP contribution in [0.3, 0.4) is 0 Å². The minimum atomic E-state index is -0.690. The van der Waals surface area contributed by atoms with Gasteiger partial charge in [-0.05, 0) is 33.1 Å². The number of nitriles is 1. The molecule has 0 heterocycles. The van der Waals surface area contributed by atoms with Crippen LogP contribution in [0.2, 0.25) is 0 Å². The lowest BCUT2D eigenvalue weighted by Gasteiger charge is -2.30. The average Bonchev–Trinajstić information content (AvgIpc) is 2.11. The van der Waals surface area contributed by atoms with Gasteiger partial charge in [-0.2, -0.15) is 5.26 Å². The lowest BCUT2D eigenvalue weighted by molar-refractivity contribution is 0.187. The van der Waals surface area contributed by atoms with E-state index in [1.165, 1.54) is 0 Å². The van der Waals surface area contributed by atoms with Crippen molar-refractivity contribution in [3.05, 3.63) is 0 Å². The second-order valence-electron chi connectivity index (χ2n) is 5.26. The first-order valence-corrected chi connectivity index (χ1v) is 5.72. The van der Waals surface area contributed by atoms with Gasteiger partial charge in [-0.15, -0.1) is 0 Å². The van der Waals surface area contributed by atoms with E-state index in [1.807, 2.05) is 0 Å². The third-order valence-corrected chi connectivity index (χ3v) is 2.50. The summed E-state index contributed by atoms with van der Waals surface area (Å²) in [6, 6.07) is 2.66. The van der Waals surface area contributed by atoms with Crippen molar-refractivity contribution >= 4 is 0 Å². The van der Waals surface area contributed by atoms with Gasteiger partial charge < -0.3 is 10.6 Å². The third kappa shape index (κ3) is 6.48. The first kappa shape index (κ1) is 14.4. The van der Waals surface area contributed by atoms with E-state index in [-0.39, 0.29) is 0 Å². The number of hydrogen-bond donors (Lipinski definition) is 1. The molecule has 88 valence electrons. The molecule has 0 aliphatic carbocycles. The zero-order chi connectivity index (χ0) is 12.1. The predicted octanol–water partition coefficient (Wildman–Crippen LogP) is 1.98. The highest BCUT2D eigenvalue weighted by Crippen LogP contribution is 2.10. The van der Waals surface area contributed by atoms with Crippen molar-refractivity contribution < 1.29 is 0 Å². The summed E-state index contributed by atoms with van der Waals surface area (Å²) in [4.78, 5) is 2.38. The Morgan fingerprint density at radius 1 is 1.33 bits per heavy atom. The molecule has 0 radical (unpaired) electrons. The first-order chi connectivity index (χ1) is 6.78. The van der Waals surface area contributed by atoms with Gasteiger partial charge in [0.05, 0.1) is 6.07 Å². The first-order valence-electron chi connectivity index (χ1n) is 5.72. The fourth-order valence-corrected chi connectivity index (χ4v) is 1.46. The summed E-state index contributed by atoms with van der Waals surface area (Å²) in [7, 11) is 0. The van der Waals surface area contributed by atoms with E-state index >= 15 is 0 Å². The van der Waals surface area contributed by atoms with Crippen LogP contribution in [-0.2, 0) is 0 Å². The van der Waals surface area contributed by atoms with Gasteiger partial charge in [0, 0.05) is 19.1 Å². The molecule has 0 saturated heterocycles. The maximum Gasteiger partial charge on any atom is 0.102 e. The molecule has 0 aromatic carbocycles. The fraction of sp³-hybridized carbons (Fsp3) is 0.917. The molecule has 0 bridgehead atoms. The van der Waals surface area contributed by atoms with Crippen molar-refractivity contribution in [3.8, 4) is 6.07 Å². The molecule has 1 atom stereocenters. The van der Waals surface area contributed by atoms with E-state index in [4.69, 9.17) is 11.0 Å². The van der Waals surface area contributed by atoms with Gasteiger partial charge in [-0.1, -0.05) is 13.8 Å². The lowest BCUT2D eigenvalue weighted by Crippen LogP contribution is -2.42. The SMILES string of the molecule is CC(C)CN(CCC(C)(N)C#N)C(C)C. The molecule has 0 aromatic rings. The van der Waals surface area contributed by atoms with Crippen LogP contribution in [0.1, 0.15) is 41.0 Å². The van der Waals surface area contributed by atoms with Gasteiger partial charge in [0.25, 0.3) is 0 Å². The van der Waals surface area contributed by atoms with Crippen LogP contribution in [0, 0.1) is 17.2 Å². The van der Waals surface area contributed by atoms with E-state index in [9.17, 15) is 0 Å². The second-order valence-corrected chi connectivity index (χ2v) is 5.26. The van der Waals surface area contributed by atoms with Gasteiger partial charge in [0.15, 0.2) is 0 Å². The second kappa shape index (κ2) is 6.09. The Balaban J connectivity index is 4.14. The van der Waals surface area contributed by atoms with Crippen molar-refractivity contribution in [2.75, 3.05) is 13.1 Å². The van der Waals surface area contributed by atoms with Crippen LogP contribution in [0.4, 0.5) is 0 Å². The van der Waals surface area contributed by atoms with Crippen molar-refractivity contribution in [1.82, 2.24) is 4.90 Å². The molecule has 0 spiro atoms. The van der Waals surface area contributed by atoms with Gasteiger partial charge in [0.2, 0.25) is 0 Å². The Morgan fingerprint density at radius 3 is 2.20 bits per heavy atom. The Labute approximate surface area is 94.2 Å². The van der Waals surface area contributed by atoms with Crippen molar-refractivity contribution in [3.63, 3.8) is 0 Å². The monoisotopic (exact) mass is 211 g/mol. The number of hydrogen-bond acceptors (Lipinski definition) is 3. The molecule has 0 aromatic heterocycles. The maximum atomic E-state index is 8.83. The normalized spacial score (nSPS) is 15.7. The quantitative estimate of drug-likeness (QED) is 0.731. The smallest absolute Gasteiger partial charge is 0.102 e. The van der Waals surface area contributed by atoms with Crippen LogP contribution in [-0.4, -0.2) is 29.6 Å². The molecule has 0 aliphatic rings. The van der Waals surface area contributed by atoms with E-state index < -0.39 is 5.54 Å². The molecule has 0 aliphatic heterocycles.